The molecule has 0 bridgehead atoms. The maximum Gasteiger partial charge on any atom is 0.0911 e. The van der Waals surface area contributed by atoms with E-state index in [2.05, 4.69) is 21.2 Å². The van der Waals surface area contributed by atoms with Crippen molar-refractivity contribution in [3.05, 3.63) is 27.7 Å². The first kappa shape index (κ1) is 10.8. The van der Waals surface area contributed by atoms with E-state index in [0.717, 1.165) is 10.2 Å². The van der Waals surface area contributed by atoms with Gasteiger partial charge in [-0.15, -0.1) is 0 Å². The number of halogens is 3. The van der Waals surface area contributed by atoms with Gasteiger partial charge in [0.25, 0.3) is 0 Å². The van der Waals surface area contributed by atoms with E-state index in [9.17, 15) is 4.39 Å². The molecule has 0 atom stereocenters. The zero-order valence-corrected chi connectivity index (χ0v) is 9.33. The summed E-state index contributed by atoms with van der Waals surface area (Å²) in [5, 5.41) is 3.71. The second-order valence-electron chi connectivity index (χ2n) is 2.59. The van der Waals surface area contributed by atoms with Gasteiger partial charge in [0.2, 0.25) is 0 Å². The van der Waals surface area contributed by atoms with Crippen molar-refractivity contribution in [1.29, 1.82) is 0 Å². The molecule has 0 aliphatic rings. The number of alkyl halides is 1. The molecule has 1 rings (SSSR count). The predicted molar refractivity (Wildman–Crippen MR) is 58.2 cm³/mol. The highest BCUT2D eigenvalue weighted by molar-refractivity contribution is 9.10. The zero-order valence-electron chi connectivity index (χ0n) is 6.99. The molecule has 72 valence electrons. The van der Waals surface area contributed by atoms with Crippen LogP contribution in [0.4, 0.5) is 10.1 Å². The smallest absolute Gasteiger partial charge is 0.0911 e. The van der Waals surface area contributed by atoms with E-state index in [1.54, 1.807) is 6.07 Å². The molecule has 0 amide bonds. The minimum atomic E-state index is -0.307. The van der Waals surface area contributed by atoms with E-state index in [-0.39, 0.29) is 6.67 Å². The van der Waals surface area contributed by atoms with E-state index in [4.69, 9.17) is 11.6 Å². The highest BCUT2D eigenvalue weighted by atomic mass is 79.9. The van der Waals surface area contributed by atoms with Gasteiger partial charge in [-0.3, -0.25) is 4.39 Å². The van der Waals surface area contributed by atoms with Crippen LogP contribution >= 0.6 is 27.5 Å². The number of hydrogen-bond acceptors (Lipinski definition) is 1. The van der Waals surface area contributed by atoms with E-state index in [0.29, 0.717) is 18.0 Å². The molecule has 1 aromatic rings. The lowest BCUT2D eigenvalue weighted by Crippen LogP contribution is -2.02. The van der Waals surface area contributed by atoms with Crippen molar-refractivity contribution < 1.29 is 4.39 Å². The fourth-order valence-corrected chi connectivity index (χ4v) is 1.47. The van der Waals surface area contributed by atoms with Gasteiger partial charge in [0.05, 0.1) is 17.4 Å². The molecule has 1 N–H and O–H groups in total. The minimum absolute atomic E-state index is 0.307. The van der Waals surface area contributed by atoms with Gasteiger partial charge in [-0.2, -0.15) is 0 Å². The summed E-state index contributed by atoms with van der Waals surface area (Å²) in [5.41, 5.74) is 0.837. The maximum atomic E-state index is 11.8. The Kier molecular flexibility index (Phi) is 4.53. The second-order valence-corrected chi connectivity index (χ2v) is 3.92. The molecule has 4 heteroatoms. The first-order valence-electron chi connectivity index (χ1n) is 3.99. The predicted octanol–water partition coefficient (Wildman–Crippen LogP) is 3.87. The van der Waals surface area contributed by atoms with Gasteiger partial charge in [0.15, 0.2) is 0 Å². The molecule has 0 unspecified atom stereocenters. The quantitative estimate of drug-likeness (QED) is 0.816. The Morgan fingerprint density at radius 3 is 2.92 bits per heavy atom. The monoisotopic (exact) mass is 265 g/mol. The Hall–Kier alpha value is -0.280. The van der Waals surface area contributed by atoms with Crippen molar-refractivity contribution in [1.82, 2.24) is 0 Å². The number of anilines is 1. The van der Waals surface area contributed by atoms with E-state index in [1.165, 1.54) is 0 Å². The number of benzene rings is 1. The van der Waals surface area contributed by atoms with Crippen LogP contribution in [0.25, 0.3) is 0 Å². The largest absolute Gasteiger partial charge is 0.384 e. The average molecular weight is 267 g/mol. The van der Waals surface area contributed by atoms with Crippen molar-refractivity contribution >= 4 is 33.2 Å². The van der Waals surface area contributed by atoms with Crippen LogP contribution in [0.3, 0.4) is 0 Å². The molecule has 13 heavy (non-hydrogen) atoms. The van der Waals surface area contributed by atoms with Crippen molar-refractivity contribution in [2.45, 2.75) is 6.42 Å². The van der Waals surface area contributed by atoms with Gasteiger partial charge < -0.3 is 5.32 Å². The number of hydrogen-bond donors (Lipinski definition) is 1. The molecule has 0 aliphatic carbocycles. The summed E-state index contributed by atoms with van der Waals surface area (Å²) >= 11 is 9.23. The molecule has 0 saturated carbocycles. The Balaban J connectivity index is 2.59. The van der Waals surface area contributed by atoms with Crippen molar-refractivity contribution in [2.75, 3.05) is 18.5 Å². The van der Waals surface area contributed by atoms with E-state index < -0.39 is 0 Å². The molecule has 0 heterocycles. The standard InChI is InChI=1S/C9H10BrClFN/c10-7-2-3-8(11)9(6-7)13-5-1-4-12/h2-3,6,13H,1,4-5H2. The Labute approximate surface area is 90.4 Å². The minimum Gasteiger partial charge on any atom is -0.384 e. The maximum absolute atomic E-state index is 11.8. The fourth-order valence-electron chi connectivity index (χ4n) is 0.923. The molecular formula is C9H10BrClFN. The molecule has 0 saturated heterocycles. The Morgan fingerprint density at radius 2 is 2.23 bits per heavy atom. The van der Waals surface area contributed by atoms with Gasteiger partial charge in [0, 0.05) is 11.0 Å². The van der Waals surface area contributed by atoms with Crippen LogP contribution in [0.5, 0.6) is 0 Å². The van der Waals surface area contributed by atoms with Gasteiger partial charge in [0.1, 0.15) is 0 Å². The third-order valence-electron chi connectivity index (χ3n) is 1.55. The third kappa shape index (κ3) is 3.53. The summed E-state index contributed by atoms with van der Waals surface area (Å²) in [5.74, 6) is 0. The van der Waals surface area contributed by atoms with E-state index in [1.807, 2.05) is 12.1 Å². The first-order chi connectivity index (χ1) is 6.24. The molecule has 0 aromatic heterocycles. The fraction of sp³-hybridized carbons (Fsp3) is 0.333. The van der Waals surface area contributed by atoms with Gasteiger partial charge >= 0.3 is 0 Å². The van der Waals surface area contributed by atoms with Gasteiger partial charge in [-0.05, 0) is 24.6 Å². The first-order valence-corrected chi connectivity index (χ1v) is 5.16. The summed E-state index contributed by atoms with van der Waals surface area (Å²) in [6.07, 6.45) is 0.503. The normalized spacial score (nSPS) is 10.1. The lowest BCUT2D eigenvalue weighted by molar-refractivity contribution is 0.481. The molecule has 1 nitrogen and oxygen atoms in total. The molecule has 0 spiro atoms. The van der Waals surface area contributed by atoms with Crippen LogP contribution < -0.4 is 5.32 Å². The lowest BCUT2D eigenvalue weighted by Gasteiger charge is -2.07. The molecule has 0 radical (unpaired) electrons. The molecule has 0 aliphatic heterocycles. The van der Waals surface area contributed by atoms with Gasteiger partial charge in [-0.1, -0.05) is 27.5 Å². The lowest BCUT2D eigenvalue weighted by atomic mass is 10.3. The Morgan fingerprint density at radius 1 is 1.46 bits per heavy atom. The third-order valence-corrected chi connectivity index (χ3v) is 2.38. The number of rotatable bonds is 4. The second kappa shape index (κ2) is 5.45. The summed E-state index contributed by atoms with van der Waals surface area (Å²) in [6.45, 7) is 0.297. The Bertz CT molecular complexity index is 280. The van der Waals surface area contributed by atoms with Crippen molar-refractivity contribution in [3.8, 4) is 0 Å². The van der Waals surface area contributed by atoms with Crippen LogP contribution in [0, 0.1) is 0 Å². The summed E-state index contributed by atoms with van der Waals surface area (Å²) in [4.78, 5) is 0. The topological polar surface area (TPSA) is 12.0 Å². The highest BCUT2D eigenvalue weighted by Gasteiger charge is 1.99. The van der Waals surface area contributed by atoms with Crippen molar-refractivity contribution in [3.63, 3.8) is 0 Å². The summed E-state index contributed by atoms with van der Waals surface area (Å²) < 4.78 is 12.8. The summed E-state index contributed by atoms with van der Waals surface area (Å²) in [6, 6.07) is 5.53. The van der Waals surface area contributed by atoms with Crippen molar-refractivity contribution in [2.24, 2.45) is 0 Å². The molecule has 1 aromatic carbocycles. The average Bonchev–Trinajstić information content (AvgIpc) is 2.11. The highest BCUT2D eigenvalue weighted by Crippen LogP contribution is 2.25. The van der Waals surface area contributed by atoms with Gasteiger partial charge in [-0.25, -0.2) is 0 Å². The molecule has 0 fully saturated rings. The summed E-state index contributed by atoms with van der Waals surface area (Å²) in [7, 11) is 0. The van der Waals surface area contributed by atoms with Crippen LogP contribution in [-0.2, 0) is 0 Å². The van der Waals surface area contributed by atoms with Crippen LogP contribution in [0.15, 0.2) is 22.7 Å². The molecular weight excluding hydrogens is 256 g/mol. The van der Waals surface area contributed by atoms with Crippen LogP contribution in [-0.4, -0.2) is 13.2 Å². The van der Waals surface area contributed by atoms with Crippen LogP contribution in [0.1, 0.15) is 6.42 Å². The number of nitrogens with one attached hydrogen (secondary N) is 1. The van der Waals surface area contributed by atoms with E-state index >= 15 is 0 Å². The van der Waals surface area contributed by atoms with Crippen LogP contribution in [0.2, 0.25) is 5.02 Å². The SMILES string of the molecule is FCCCNc1cc(Br)ccc1Cl. The zero-order chi connectivity index (χ0) is 9.68.